The van der Waals surface area contributed by atoms with Gasteiger partial charge in [-0.2, -0.15) is 0 Å². The van der Waals surface area contributed by atoms with E-state index in [2.05, 4.69) is 28.4 Å². The van der Waals surface area contributed by atoms with E-state index in [4.69, 9.17) is 10.7 Å². The number of rotatable bonds is 5. The van der Waals surface area contributed by atoms with Gasteiger partial charge in [-0.25, -0.2) is 4.98 Å². The van der Waals surface area contributed by atoms with Crippen molar-refractivity contribution >= 4 is 49.7 Å². The van der Waals surface area contributed by atoms with Crippen molar-refractivity contribution < 1.29 is 9.59 Å². The van der Waals surface area contributed by atoms with E-state index in [9.17, 15) is 9.59 Å². The molecule has 1 aliphatic carbocycles. The SMILES string of the molecule is C[C@@H](C(=O)Nc1sc2c(c1C(N)=O)CCC2)N1CCC(c2nc3ccccc3s2)CC1. The fraction of sp³-hybridized carbons (Fsp3) is 0.435. The Labute approximate surface area is 189 Å². The van der Waals surface area contributed by atoms with Crippen molar-refractivity contribution in [1.82, 2.24) is 9.88 Å². The van der Waals surface area contributed by atoms with Crippen LogP contribution in [0.4, 0.5) is 5.00 Å². The van der Waals surface area contributed by atoms with E-state index >= 15 is 0 Å². The van der Waals surface area contributed by atoms with Crippen LogP contribution < -0.4 is 11.1 Å². The zero-order valence-electron chi connectivity index (χ0n) is 17.5. The third-order valence-electron chi connectivity index (χ3n) is 6.52. The lowest BCUT2D eigenvalue weighted by molar-refractivity contribution is -0.121. The number of aromatic nitrogens is 1. The number of nitrogens with zero attached hydrogens (tertiary/aromatic N) is 2. The number of likely N-dealkylation sites (tertiary alicyclic amines) is 1. The van der Waals surface area contributed by atoms with E-state index < -0.39 is 5.91 Å². The number of anilines is 1. The lowest BCUT2D eigenvalue weighted by Crippen LogP contribution is -2.45. The van der Waals surface area contributed by atoms with Crippen molar-refractivity contribution in [1.29, 1.82) is 0 Å². The Bertz CT molecular complexity index is 1110. The number of benzene rings is 1. The summed E-state index contributed by atoms with van der Waals surface area (Å²) in [5.74, 6) is -0.0643. The summed E-state index contributed by atoms with van der Waals surface area (Å²) in [6.07, 6.45) is 4.88. The number of fused-ring (bicyclic) bond motifs is 2. The van der Waals surface area contributed by atoms with Crippen LogP contribution in [-0.2, 0) is 17.6 Å². The minimum atomic E-state index is -0.445. The van der Waals surface area contributed by atoms with Crippen LogP contribution in [0.2, 0.25) is 0 Å². The van der Waals surface area contributed by atoms with Crippen LogP contribution in [0.3, 0.4) is 0 Å². The number of nitrogens with one attached hydrogen (secondary N) is 1. The second-order valence-electron chi connectivity index (χ2n) is 8.42. The maximum absolute atomic E-state index is 13.0. The maximum atomic E-state index is 13.0. The molecule has 1 aromatic carbocycles. The summed E-state index contributed by atoms with van der Waals surface area (Å²) in [6.45, 7) is 3.66. The minimum absolute atomic E-state index is 0.0686. The van der Waals surface area contributed by atoms with Gasteiger partial charge in [-0.05, 0) is 69.8 Å². The Hall–Kier alpha value is -2.29. The molecule has 0 spiro atoms. The predicted molar refractivity (Wildman–Crippen MR) is 126 cm³/mol. The molecule has 162 valence electrons. The number of carbonyl (C=O) groups excluding carboxylic acids is 2. The van der Waals surface area contributed by atoms with Crippen LogP contribution in [0.5, 0.6) is 0 Å². The summed E-state index contributed by atoms with van der Waals surface area (Å²) in [5.41, 5.74) is 8.26. The van der Waals surface area contributed by atoms with Crippen molar-refractivity contribution in [2.45, 2.75) is 51.0 Å². The Morgan fingerprint density at radius 2 is 1.97 bits per heavy atom. The number of hydrogen-bond acceptors (Lipinski definition) is 6. The Kier molecular flexibility index (Phi) is 5.54. The molecule has 2 aliphatic rings. The summed E-state index contributed by atoms with van der Waals surface area (Å²) < 4.78 is 1.24. The molecule has 0 unspecified atom stereocenters. The van der Waals surface area contributed by atoms with Gasteiger partial charge in [-0.3, -0.25) is 14.5 Å². The molecule has 3 heterocycles. The minimum Gasteiger partial charge on any atom is -0.365 e. The molecule has 8 heteroatoms. The zero-order chi connectivity index (χ0) is 21.5. The van der Waals surface area contributed by atoms with Gasteiger partial charge in [0.2, 0.25) is 5.91 Å². The number of carbonyl (C=O) groups is 2. The second-order valence-corrected chi connectivity index (χ2v) is 10.6. The van der Waals surface area contributed by atoms with Crippen molar-refractivity contribution in [3.63, 3.8) is 0 Å². The van der Waals surface area contributed by atoms with Gasteiger partial charge in [0.25, 0.3) is 5.91 Å². The van der Waals surface area contributed by atoms with Gasteiger partial charge in [0.15, 0.2) is 0 Å². The average Bonchev–Trinajstić information content (AvgIpc) is 3.47. The Balaban J connectivity index is 1.23. The van der Waals surface area contributed by atoms with Crippen LogP contribution in [0, 0.1) is 0 Å². The van der Waals surface area contributed by atoms with Gasteiger partial charge in [0.1, 0.15) is 5.00 Å². The fourth-order valence-electron chi connectivity index (χ4n) is 4.73. The third-order valence-corrected chi connectivity index (χ3v) is 8.93. The molecular formula is C23H26N4O2S2. The zero-order valence-corrected chi connectivity index (χ0v) is 19.2. The highest BCUT2D eigenvalue weighted by Gasteiger charge is 2.31. The van der Waals surface area contributed by atoms with Crippen LogP contribution >= 0.6 is 22.7 Å². The number of para-hydroxylation sites is 1. The van der Waals surface area contributed by atoms with Crippen molar-refractivity contribution in [2.75, 3.05) is 18.4 Å². The number of aryl methyl sites for hydroxylation is 1. The highest BCUT2D eigenvalue weighted by Crippen LogP contribution is 2.39. The highest BCUT2D eigenvalue weighted by atomic mass is 32.1. The van der Waals surface area contributed by atoms with Gasteiger partial charge in [0.05, 0.1) is 26.8 Å². The van der Waals surface area contributed by atoms with E-state index in [0.717, 1.165) is 56.3 Å². The molecule has 0 radical (unpaired) electrons. The van der Waals surface area contributed by atoms with Gasteiger partial charge in [0, 0.05) is 10.8 Å². The Morgan fingerprint density at radius 1 is 1.19 bits per heavy atom. The first-order valence-corrected chi connectivity index (χ1v) is 12.5. The van der Waals surface area contributed by atoms with E-state index in [1.807, 2.05) is 13.0 Å². The molecule has 31 heavy (non-hydrogen) atoms. The quantitative estimate of drug-likeness (QED) is 0.606. The normalized spacial score (nSPS) is 18.2. The first-order valence-electron chi connectivity index (χ1n) is 10.9. The molecule has 5 rings (SSSR count). The summed E-state index contributed by atoms with van der Waals surface area (Å²) >= 11 is 3.30. The molecule has 1 fully saturated rings. The number of nitrogens with two attached hydrogens (primary N) is 1. The van der Waals surface area contributed by atoms with Gasteiger partial charge < -0.3 is 11.1 Å². The number of piperidine rings is 1. The molecule has 1 saturated heterocycles. The molecule has 0 saturated carbocycles. The van der Waals surface area contributed by atoms with Gasteiger partial charge in [-0.1, -0.05) is 12.1 Å². The predicted octanol–water partition coefficient (Wildman–Crippen LogP) is 4.15. The van der Waals surface area contributed by atoms with Crippen LogP contribution in [-0.4, -0.2) is 40.8 Å². The first-order chi connectivity index (χ1) is 15.0. The van der Waals surface area contributed by atoms with Gasteiger partial charge >= 0.3 is 0 Å². The lowest BCUT2D eigenvalue weighted by atomic mass is 9.96. The smallest absolute Gasteiger partial charge is 0.251 e. The molecule has 3 N–H and O–H groups in total. The molecule has 1 aliphatic heterocycles. The fourth-order valence-corrected chi connectivity index (χ4v) is 7.17. The van der Waals surface area contributed by atoms with Crippen molar-refractivity contribution in [3.05, 3.63) is 45.3 Å². The number of thiazole rings is 1. The largest absolute Gasteiger partial charge is 0.365 e. The van der Waals surface area contributed by atoms with Crippen molar-refractivity contribution in [3.8, 4) is 0 Å². The highest BCUT2D eigenvalue weighted by molar-refractivity contribution is 7.18. The van der Waals surface area contributed by atoms with Gasteiger partial charge in [-0.15, -0.1) is 22.7 Å². The van der Waals surface area contributed by atoms with Crippen molar-refractivity contribution in [2.24, 2.45) is 5.73 Å². The number of thiophene rings is 1. The van der Waals surface area contributed by atoms with Crippen LogP contribution in [0.1, 0.15) is 57.9 Å². The summed E-state index contributed by atoms with van der Waals surface area (Å²) in [5, 5.41) is 4.84. The topological polar surface area (TPSA) is 88.3 Å². The maximum Gasteiger partial charge on any atom is 0.251 e. The van der Waals surface area contributed by atoms with E-state index in [0.29, 0.717) is 16.5 Å². The third kappa shape index (κ3) is 3.88. The summed E-state index contributed by atoms with van der Waals surface area (Å²) in [6, 6.07) is 8.02. The molecule has 6 nitrogen and oxygen atoms in total. The summed E-state index contributed by atoms with van der Waals surface area (Å²) in [7, 11) is 0. The molecule has 2 amide bonds. The Morgan fingerprint density at radius 3 is 2.71 bits per heavy atom. The average molecular weight is 455 g/mol. The first kappa shape index (κ1) is 20.6. The molecular weight excluding hydrogens is 428 g/mol. The monoisotopic (exact) mass is 454 g/mol. The summed E-state index contributed by atoms with van der Waals surface area (Å²) in [4.78, 5) is 33.2. The van der Waals surface area contributed by atoms with E-state index in [1.54, 1.807) is 11.3 Å². The molecule has 0 bridgehead atoms. The van der Waals surface area contributed by atoms with Crippen LogP contribution in [0.25, 0.3) is 10.2 Å². The lowest BCUT2D eigenvalue weighted by Gasteiger charge is -2.34. The molecule has 1 atom stereocenters. The number of primary amides is 1. The van der Waals surface area contributed by atoms with Crippen LogP contribution in [0.15, 0.2) is 24.3 Å². The number of amides is 2. The second kappa shape index (κ2) is 8.33. The van der Waals surface area contributed by atoms with E-state index in [-0.39, 0.29) is 11.9 Å². The molecule has 2 aromatic heterocycles. The molecule has 3 aromatic rings. The number of hydrogen-bond donors (Lipinski definition) is 2. The standard InChI is InChI=1S/C23H26N4O2S2/c1-13(21(29)26-23-19(20(24)28)15-5-4-8-17(15)30-23)27-11-9-14(10-12-27)22-25-16-6-2-3-7-18(16)31-22/h2-3,6-7,13-14H,4-5,8-12H2,1H3,(H2,24,28)(H,26,29)/t13-/m0/s1. The van der Waals surface area contributed by atoms with E-state index in [1.165, 1.54) is 25.9 Å².